The van der Waals surface area contributed by atoms with Gasteiger partial charge in [0, 0.05) is 31.9 Å². The molecule has 2 fully saturated rings. The van der Waals surface area contributed by atoms with Crippen molar-refractivity contribution >= 4 is 17.5 Å². The molecule has 0 aromatic heterocycles. The average Bonchev–Trinajstić information content (AvgIpc) is 2.98. The summed E-state index contributed by atoms with van der Waals surface area (Å²) < 4.78 is 29.3. The van der Waals surface area contributed by atoms with Crippen molar-refractivity contribution in [2.75, 3.05) is 25.0 Å². The fraction of sp³-hybridized carbons (Fsp3) is 0.459. The molecule has 0 spiro atoms. The zero-order valence-electron chi connectivity index (χ0n) is 26.6. The Kier molecular flexibility index (Phi) is 9.26. The summed E-state index contributed by atoms with van der Waals surface area (Å²) in [5.41, 5.74) is 3.22. The number of carbonyl (C=O) groups is 2. The number of hydrogen-bond donors (Lipinski definition) is 1. The normalized spacial score (nSPS) is 20.8. The summed E-state index contributed by atoms with van der Waals surface area (Å²) in [6.07, 6.45) is 2.29. The van der Waals surface area contributed by atoms with Crippen LogP contribution in [0.1, 0.15) is 92.0 Å². The van der Waals surface area contributed by atoms with Crippen molar-refractivity contribution in [1.29, 1.82) is 0 Å². The monoisotopic (exact) mass is 601 g/mol. The van der Waals surface area contributed by atoms with Crippen LogP contribution < -0.4 is 5.32 Å². The molecule has 5 rings (SSSR count). The second-order valence-electron chi connectivity index (χ2n) is 13.9. The lowest BCUT2D eigenvalue weighted by molar-refractivity contribution is -0.123. The maximum Gasteiger partial charge on any atom is 0.257 e. The quantitative estimate of drug-likeness (QED) is 0.312. The van der Waals surface area contributed by atoms with Gasteiger partial charge in [0.05, 0.1) is 17.5 Å². The van der Waals surface area contributed by atoms with Crippen molar-refractivity contribution in [3.05, 3.63) is 100 Å². The largest absolute Gasteiger partial charge is 0.331 e. The van der Waals surface area contributed by atoms with Crippen LogP contribution in [0.3, 0.4) is 0 Å². The van der Waals surface area contributed by atoms with Gasteiger partial charge in [-0.3, -0.25) is 14.5 Å². The number of benzene rings is 3. The lowest BCUT2D eigenvalue weighted by Crippen LogP contribution is -2.46. The molecule has 2 saturated heterocycles. The molecule has 1 N–H and O–H groups in total. The van der Waals surface area contributed by atoms with Gasteiger partial charge in [-0.2, -0.15) is 0 Å². The van der Waals surface area contributed by atoms with Gasteiger partial charge in [0.25, 0.3) is 5.91 Å². The number of nitrogens with one attached hydrogen (secondary N) is 1. The number of anilines is 1. The highest BCUT2D eigenvalue weighted by Crippen LogP contribution is 2.39. The van der Waals surface area contributed by atoms with Crippen molar-refractivity contribution in [2.45, 2.75) is 84.0 Å². The summed E-state index contributed by atoms with van der Waals surface area (Å²) in [6.45, 7) is 12.4. The Labute approximate surface area is 260 Å². The lowest BCUT2D eigenvalue weighted by Gasteiger charge is -2.41. The minimum absolute atomic E-state index is 0.0537. The van der Waals surface area contributed by atoms with Gasteiger partial charge >= 0.3 is 0 Å². The zero-order valence-corrected chi connectivity index (χ0v) is 26.6. The Balaban J connectivity index is 1.44. The number of aryl methyl sites for hydroxylation is 1. The van der Waals surface area contributed by atoms with E-state index in [0.717, 1.165) is 22.4 Å². The van der Waals surface area contributed by atoms with Crippen LogP contribution in [0.5, 0.6) is 0 Å². The zero-order chi connectivity index (χ0) is 31.6. The first-order valence-corrected chi connectivity index (χ1v) is 15.8. The first-order valence-electron chi connectivity index (χ1n) is 15.8. The topological polar surface area (TPSA) is 52.7 Å². The molecule has 44 heavy (non-hydrogen) atoms. The minimum atomic E-state index is -1.10. The maximum atomic E-state index is 15.0. The fourth-order valence-corrected chi connectivity index (χ4v) is 6.51. The summed E-state index contributed by atoms with van der Waals surface area (Å²) in [4.78, 5) is 31.9. The van der Waals surface area contributed by atoms with Gasteiger partial charge in [-0.05, 0) is 85.4 Å². The van der Waals surface area contributed by atoms with Crippen molar-refractivity contribution in [3.63, 3.8) is 0 Å². The number of halogens is 2. The van der Waals surface area contributed by atoms with Gasteiger partial charge in [-0.15, -0.1) is 0 Å². The van der Waals surface area contributed by atoms with Crippen LogP contribution in [0, 0.1) is 18.7 Å². The first-order chi connectivity index (χ1) is 20.8. The molecule has 0 radical (unpaired) electrons. The summed E-state index contributed by atoms with van der Waals surface area (Å²) >= 11 is 0. The third kappa shape index (κ3) is 7.20. The van der Waals surface area contributed by atoms with Crippen molar-refractivity contribution in [1.82, 2.24) is 9.80 Å². The number of amides is 2. The number of hydrogen-bond acceptors (Lipinski definition) is 3. The van der Waals surface area contributed by atoms with Crippen LogP contribution in [0.15, 0.2) is 66.7 Å². The lowest BCUT2D eigenvalue weighted by atomic mass is 9.82. The molecule has 0 aliphatic carbocycles. The number of piperidine rings is 2. The van der Waals surface area contributed by atoms with Crippen molar-refractivity contribution in [3.8, 4) is 0 Å². The van der Waals surface area contributed by atoms with E-state index in [9.17, 15) is 14.0 Å². The predicted octanol–water partition coefficient (Wildman–Crippen LogP) is 7.99. The smallest absolute Gasteiger partial charge is 0.257 e. The summed E-state index contributed by atoms with van der Waals surface area (Å²) in [5, 5.41) is 3.13. The molecule has 2 aliphatic rings. The van der Waals surface area contributed by atoms with Crippen LogP contribution in [0.25, 0.3) is 0 Å². The Hall–Kier alpha value is -3.58. The molecule has 0 unspecified atom stereocenters. The number of alkyl halides is 1. The molecular formula is C37H45F2N3O2. The number of likely N-dealkylation sites (tertiary alicyclic amines) is 2. The van der Waals surface area contributed by atoms with E-state index in [2.05, 4.69) is 37.1 Å². The number of rotatable bonds is 6. The van der Waals surface area contributed by atoms with E-state index in [0.29, 0.717) is 57.4 Å². The van der Waals surface area contributed by atoms with Gasteiger partial charge in [-0.25, -0.2) is 8.78 Å². The Morgan fingerprint density at radius 3 is 2.32 bits per heavy atom. The molecule has 2 heterocycles. The van der Waals surface area contributed by atoms with E-state index >= 15 is 4.39 Å². The van der Waals surface area contributed by atoms with Gasteiger partial charge in [-0.1, -0.05) is 69.3 Å². The number of nitrogens with zero attached hydrogens (tertiary/aromatic N) is 2. The molecule has 0 saturated carbocycles. The molecule has 2 atom stereocenters. The highest BCUT2D eigenvalue weighted by molar-refractivity contribution is 5.98. The highest BCUT2D eigenvalue weighted by atomic mass is 19.1. The second-order valence-corrected chi connectivity index (χ2v) is 13.9. The van der Waals surface area contributed by atoms with Crippen LogP contribution >= 0.6 is 0 Å². The molecule has 2 amide bonds. The first kappa shape index (κ1) is 31.8. The predicted molar refractivity (Wildman–Crippen MR) is 172 cm³/mol. The molecule has 5 nitrogen and oxygen atoms in total. The average molecular weight is 602 g/mol. The third-order valence-electron chi connectivity index (χ3n) is 9.29. The van der Waals surface area contributed by atoms with Gasteiger partial charge in [0.15, 0.2) is 0 Å². The molecule has 2 aliphatic heterocycles. The Bertz CT molecular complexity index is 1470. The van der Waals surface area contributed by atoms with E-state index < -0.39 is 29.4 Å². The Morgan fingerprint density at radius 2 is 1.66 bits per heavy atom. The van der Waals surface area contributed by atoms with Gasteiger partial charge in [0.1, 0.15) is 11.5 Å². The molecule has 3 aromatic carbocycles. The highest BCUT2D eigenvalue weighted by Gasteiger charge is 2.40. The third-order valence-corrected chi connectivity index (χ3v) is 9.29. The van der Waals surface area contributed by atoms with Crippen LogP contribution in [-0.4, -0.2) is 46.9 Å². The van der Waals surface area contributed by atoms with E-state index in [1.165, 1.54) is 6.07 Å². The molecular weight excluding hydrogens is 556 g/mol. The summed E-state index contributed by atoms with van der Waals surface area (Å²) in [5.74, 6) is -1.63. The van der Waals surface area contributed by atoms with Crippen molar-refractivity contribution in [2.24, 2.45) is 5.92 Å². The SMILES string of the molecule is Cc1cccc(F)c1C(=O)N1CCC[C@H](C(=O)Nc2cccc(C(C)(C)C)c2)[C@@H]1c1ccc(CN2CCC(C)(F)CC2)cc1. The van der Waals surface area contributed by atoms with Crippen molar-refractivity contribution < 1.29 is 18.4 Å². The molecule has 234 valence electrons. The van der Waals surface area contributed by atoms with E-state index in [1.54, 1.807) is 30.9 Å². The van der Waals surface area contributed by atoms with Crippen LogP contribution in [0.4, 0.5) is 14.5 Å². The fourth-order valence-electron chi connectivity index (χ4n) is 6.51. The van der Waals surface area contributed by atoms with Gasteiger partial charge in [0.2, 0.25) is 5.91 Å². The Morgan fingerprint density at radius 1 is 0.977 bits per heavy atom. The van der Waals surface area contributed by atoms with E-state index in [1.807, 2.05) is 42.5 Å². The maximum absolute atomic E-state index is 15.0. The summed E-state index contributed by atoms with van der Waals surface area (Å²) in [6, 6.07) is 20.0. The second kappa shape index (κ2) is 12.8. The minimum Gasteiger partial charge on any atom is -0.331 e. The summed E-state index contributed by atoms with van der Waals surface area (Å²) in [7, 11) is 0. The number of carbonyl (C=O) groups excluding carboxylic acids is 2. The van der Waals surface area contributed by atoms with E-state index in [-0.39, 0.29) is 16.9 Å². The van der Waals surface area contributed by atoms with Gasteiger partial charge < -0.3 is 10.2 Å². The molecule has 7 heteroatoms. The van der Waals surface area contributed by atoms with E-state index in [4.69, 9.17) is 0 Å². The van der Waals surface area contributed by atoms with Crippen LogP contribution in [0.2, 0.25) is 0 Å². The molecule has 0 bridgehead atoms. The standard InChI is InChI=1S/C37H45F2N3O2/c1-25-9-6-13-31(38)32(25)35(44)42-20-8-12-30(34(43)40-29-11-7-10-28(23-29)36(2,3)4)33(42)27-16-14-26(15-17-27)24-41-21-18-37(5,39)19-22-41/h6-7,9-11,13-17,23,30,33H,8,12,18-22,24H2,1-5H3,(H,40,43)/t30-,33-/m0/s1. The van der Waals surface area contributed by atoms with Crippen LogP contribution in [-0.2, 0) is 16.8 Å². The molecule has 3 aromatic rings.